The minimum Gasteiger partial charge on any atom is -0.409 e. The molecule has 0 atom stereocenters. The number of benzene rings is 1. The van der Waals surface area contributed by atoms with E-state index in [0.29, 0.717) is 18.6 Å². The Kier molecular flexibility index (Phi) is 6.43. The lowest BCUT2D eigenvalue weighted by atomic mass is 10.1. The molecule has 0 saturated carbocycles. The fourth-order valence-corrected chi connectivity index (χ4v) is 2.54. The maximum absolute atomic E-state index is 11.7. The summed E-state index contributed by atoms with van der Waals surface area (Å²) in [4.78, 5) is 0. The minimum atomic E-state index is -3.30. The van der Waals surface area contributed by atoms with Crippen molar-refractivity contribution in [2.45, 2.75) is 13.0 Å². The number of oxime groups is 1. The first-order valence-corrected chi connectivity index (χ1v) is 7.67. The van der Waals surface area contributed by atoms with E-state index in [1.165, 1.54) is 7.11 Å². The van der Waals surface area contributed by atoms with Gasteiger partial charge in [-0.15, -0.1) is 0 Å². The molecule has 0 unspecified atom stereocenters. The monoisotopic (exact) mass is 301 g/mol. The Bertz CT molecular complexity index is 540. The van der Waals surface area contributed by atoms with Crippen LogP contribution in [0, 0.1) is 0 Å². The zero-order valence-electron chi connectivity index (χ0n) is 11.2. The summed E-state index contributed by atoms with van der Waals surface area (Å²) >= 11 is 0. The van der Waals surface area contributed by atoms with Gasteiger partial charge in [-0.1, -0.05) is 29.4 Å². The molecule has 1 aromatic carbocycles. The van der Waals surface area contributed by atoms with E-state index >= 15 is 0 Å². The zero-order chi connectivity index (χ0) is 15.0. The SMILES string of the molecule is COCCCS(=O)(=O)NCc1ccc(C(N)=NO)cc1. The van der Waals surface area contributed by atoms with Crippen molar-refractivity contribution < 1.29 is 18.4 Å². The van der Waals surface area contributed by atoms with E-state index in [-0.39, 0.29) is 18.1 Å². The predicted molar refractivity (Wildman–Crippen MR) is 76.1 cm³/mol. The number of nitrogens with zero attached hydrogens (tertiary/aromatic N) is 1. The van der Waals surface area contributed by atoms with Crippen molar-refractivity contribution >= 4 is 15.9 Å². The second-order valence-corrected chi connectivity index (χ2v) is 6.09. The first-order chi connectivity index (χ1) is 9.48. The molecule has 0 spiro atoms. The number of sulfonamides is 1. The number of rotatable bonds is 8. The van der Waals surface area contributed by atoms with Gasteiger partial charge in [0.1, 0.15) is 0 Å². The van der Waals surface area contributed by atoms with Crippen LogP contribution < -0.4 is 10.5 Å². The molecular formula is C12H19N3O4S. The summed E-state index contributed by atoms with van der Waals surface area (Å²) < 4.78 is 30.6. The molecule has 1 aromatic rings. The predicted octanol–water partition coefficient (Wildman–Crippen LogP) is 0.237. The summed E-state index contributed by atoms with van der Waals surface area (Å²) in [6, 6.07) is 6.74. The Balaban J connectivity index is 2.53. The molecule has 0 heterocycles. The smallest absolute Gasteiger partial charge is 0.211 e. The minimum absolute atomic E-state index is 0.0108. The van der Waals surface area contributed by atoms with Crippen LogP contribution in [-0.2, 0) is 21.3 Å². The Hall–Kier alpha value is -1.64. The third-order valence-corrected chi connectivity index (χ3v) is 4.03. The third-order valence-electron chi connectivity index (χ3n) is 2.62. The van der Waals surface area contributed by atoms with Gasteiger partial charge in [-0.25, -0.2) is 13.1 Å². The average molecular weight is 301 g/mol. The maximum atomic E-state index is 11.7. The first-order valence-electron chi connectivity index (χ1n) is 6.01. The van der Waals surface area contributed by atoms with E-state index in [1.807, 2.05) is 0 Å². The summed E-state index contributed by atoms with van der Waals surface area (Å²) in [5.74, 6) is 0.0416. The van der Waals surface area contributed by atoms with Gasteiger partial charge in [0, 0.05) is 25.8 Å². The fourth-order valence-electron chi connectivity index (χ4n) is 1.51. The molecule has 1 rings (SSSR count). The van der Waals surface area contributed by atoms with E-state index < -0.39 is 10.0 Å². The summed E-state index contributed by atoms with van der Waals surface area (Å²) in [5.41, 5.74) is 6.79. The van der Waals surface area contributed by atoms with E-state index in [0.717, 1.165) is 5.56 Å². The van der Waals surface area contributed by atoms with Crippen LogP contribution in [0.4, 0.5) is 0 Å². The van der Waals surface area contributed by atoms with Gasteiger partial charge in [0.25, 0.3) is 0 Å². The van der Waals surface area contributed by atoms with E-state index in [4.69, 9.17) is 15.7 Å². The van der Waals surface area contributed by atoms with Crippen LogP contribution in [-0.4, -0.2) is 38.9 Å². The van der Waals surface area contributed by atoms with Gasteiger partial charge in [-0.2, -0.15) is 0 Å². The van der Waals surface area contributed by atoms with E-state index in [1.54, 1.807) is 24.3 Å². The van der Waals surface area contributed by atoms with Crippen LogP contribution in [0.3, 0.4) is 0 Å². The van der Waals surface area contributed by atoms with Gasteiger partial charge in [-0.3, -0.25) is 0 Å². The molecule has 0 aliphatic carbocycles. The van der Waals surface area contributed by atoms with Crippen LogP contribution in [0.1, 0.15) is 17.5 Å². The van der Waals surface area contributed by atoms with Crippen LogP contribution in [0.5, 0.6) is 0 Å². The van der Waals surface area contributed by atoms with Crippen molar-refractivity contribution in [3.63, 3.8) is 0 Å². The summed E-state index contributed by atoms with van der Waals surface area (Å²) in [6.07, 6.45) is 0.453. The molecule has 0 aromatic heterocycles. The highest BCUT2D eigenvalue weighted by Gasteiger charge is 2.09. The fraction of sp³-hybridized carbons (Fsp3) is 0.417. The number of nitrogens with two attached hydrogens (primary N) is 1. The van der Waals surface area contributed by atoms with Crippen LogP contribution in [0.15, 0.2) is 29.4 Å². The van der Waals surface area contributed by atoms with Crippen LogP contribution in [0.25, 0.3) is 0 Å². The first kappa shape index (κ1) is 16.4. The molecule has 20 heavy (non-hydrogen) atoms. The van der Waals surface area contributed by atoms with Crippen molar-refractivity contribution in [3.05, 3.63) is 35.4 Å². The number of ether oxygens (including phenoxy) is 1. The van der Waals surface area contributed by atoms with E-state index in [2.05, 4.69) is 9.88 Å². The lowest BCUT2D eigenvalue weighted by Crippen LogP contribution is -2.26. The topological polar surface area (TPSA) is 114 Å². The van der Waals surface area contributed by atoms with Crippen LogP contribution in [0.2, 0.25) is 0 Å². The molecule has 7 nitrogen and oxygen atoms in total. The van der Waals surface area contributed by atoms with Crippen molar-refractivity contribution in [1.29, 1.82) is 0 Å². The lowest BCUT2D eigenvalue weighted by Gasteiger charge is -2.07. The average Bonchev–Trinajstić information content (AvgIpc) is 2.45. The molecule has 0 aliphatic heterocycles. The van der Waals surface area contributed by atoms with Gasteiger partial charge in [0.05, 0.1) is 5.75 Å². The van der Waals surface area contributed by atoms with E-state index in [9.17, 15) is 8.42 Å². The molecular weight excluding hydrogens is 282 g/mol. The molecule has 0 saturated heterocycles. The summed E-state index contributed by atoms with van der Waals surface area (Å²) in [6.45, 7) is 0.612. The molecule has 8 heteroatoms. The number of nitrogens with one attached hydrogen (secondary N) is 1. The van der Waals surface area contributed by atoms with Crippen molar-refractivity contribution in [2.75, 3.05) is 19.5 Å². The van der Waals surface area contributed by atoms with Gasteiger partial charge in [0.2, 0.25) is 10.0 Å². The second kappa shape index (κ2) is 7.83. The second-order valence-electron chi connectivity index (χ2n) is 4.17. The number of amidine groups is 1. The van der Waals surface area contributed by atoms with Crippen molar-refractivity contribution in [2.24, 2.45) is 10.9 Å². The highest BCUT2D eigenvalue weighted by atomic mass is 32.2. The maximum Gasteiger partial charge on any atom is 0.211 e. The van der Waals surface area contributed by atoms with Gasteiger partial charge < -0.3 is 15.7 Å². The highest BCUT2D eigenvalue weighted by Crippen LogP contribution is 2.05. The molecule has 112 valence electrons. The van der Waals surface area contributed by atoms with Gasteiger partial charge in [0.15, 0.2) is 5.84 Å². The molecule has 0 amide bonds. The van der Waals surface area contributed by atoms with Crippen molar-refractivity contribution in [1.82, 2.24) is 4.72 Å². The normalized spacial score (nSPS) is 12.6. The Morgan fingerprint density at radius 1 is 1.40 bits per heavy atom. The van der Waals surface area contributed by atoms with Crippen LogP contribution >= 0.6 is 0 Å². The number of hydrogen-bond donors (Lipinski definition) is 3. The standard InChI is InChI=1S/C12H19N3O4S/c1-19-7-2-8-20(17,18)14-9-10-3-5-11(6-4-10)12(13)15-16/h3-6,14,16H,2,7-9H2,1H3,(H2,13,15). The molecule has 0 aliphatic rings. The molecule has 0 radical (unpaired) electrons. The zero-order valence-corrected chi connectivity index (χ0v) is 12.1. The highest BCUT2D eigenvalue weighted by molar-refractivity contribution is 7.89. The Morgan fingerprint density at radius 3 is 2.60 bits per heavy atom. The quantitative estimate of drug-likeness (QED) is 0.209. The Labute approximate surface area is 118 Å². The van der Waals surface area contributed by atoms with Gasteiger partial charge >= 0.3 is 0 Å². The Morgan fingerprint density at radius 2 is 2.05 bits per heavy atom. The molecule has 4 N–H and O–H groups in total. The summed E-state index contributed by atoms with van der Waals surface area (Å²) in [5, 5.41) is 11.4. The lowest BCUT2D eigenvalue weighted by molar-refractivity contribution is 0.199. The number of hydrogen-bond acceptors (Lipinski definition) is 5. The van der Waals surface area contributed by atoms with Gasteiger partial charge in [-0.05, 0) is 12.0 Å². The number of methoxy groups -OCH3 is 1. The van der Waals surface area contributed by atoms with Crippen molar-refractivity contribution in [3.8, 4) is 0 Å². The molecule has 0 bridgehead atoms. The molecule has 0 fully saturated rings. The summed E-state index contributed by atoms with van der Waals surface area (Å²) in [7, 11) is -1.77. The third kappa shape index (κ3) is 5.55. The largest absolute Gasteiger partial charge is 0.409 e.